The highest BCUT2D eigenvalue weighted by Crippen LogP contribution is 2.33. The lowest BCUT2D eigenvalue weighted by Gasteiger charge is -2.29. The lowest BCUT2D eigenvalue weighted by molar-refractivity contribution is -0.137. The molecule has 2 aromatic carbocycles. The Hall–Kier alpha value is -3.68. The normalized spacial score (nSPS) is 14.1. The Morgan fingerprint density at radius 2 is 1.65 bits per heavy atom. The molecule has 34 heavy (non-hydrogen) atoms. The third-order valence-corrected chi connectivity index (χ3v) is 5.78. The molecular formula is C26H25F3N4O. The largest absolute Gasteiger partial charge is 0.416 e. The molecule has 0 saturated carbocycles. The van der Waals surface area contributed by atoms with Crippen LogP contribution in [-0.2, 0) is 12.6 Å². The molecule has 1 aliphatic rings. The molecule has 2 heterocycles. The van der Waals surface area contributed by atoms with Crippen LogP contribution in [0.4, 0.5) is 19.0 Å². The molecule has 0 radical (unpaired) electrons. The van der Waals surface area contributed by atoms with Crippen LogP contribution in [0.5, 0.6) is 0 Å². The molecule has 0 bridgehead atoms. The van der Waals surface area contributed by atoms with Crippen LogP contribution >= 0.6 is 0 Å². The molecule has 1 N–H and O–H groups in total. The molecule has 1 aromatic heterocycles. The number of aromatic nitrogens is 2. The summed E-state index contributed by atoms with van der Waals surface area (Å²) in [5.74, 6) is 0.373. The summed E-state index contributed by atoms with van der Waals surface area (Å²) in [5, 5.41) is 11.1. The summed E-state index contributed by atoms with van der Waals surface area (Å²) >= 11 is 0. The number of alkyl halides is 3. The van der Waals surface area contributed by atoms with Crippen molar-refractivity contribution in [2.24, 2.45) is 0 Å². The molecule has 0 spiro atoms. The second kappa shape index (κ2) is 10.5. The second-order valence-electron chi connectivity index (χ2n) is 8.14. The Morgan fingerprint density at radius 3 is 2.32 bits per heavy atom. The number of hydrogen-bond acceptors (Lipinski definition) is 4. The summed E-state index contributed by atoms with van der Waals surface area (Å²) in [4.78, 5) is 14.3. The number of rotatable bonds is 6. The minimum atomic E-state index is -4.38. The summed E-state index contributed by atoms with van der Waals surface area (Å²) in [5.41, 5.74) is 1.94. The number of piperidine rings is 1. The van der Waals surface area contributed by atoms with Gasteiger partial charge in [-0.1, -0.05) is 60.2 Å². The van der Waals surface area contributed by atoms with Gasteiger partial charge in [-0.05, 0) is 48.6 Å². The fourth-order valence-corrected chi connectivity index (χ4v) is 3.94. The number of hydrogen-bond donors (Lipinski definition) is 1. The van der Waals surface area contributed by atoms with Crippen molar-refractivity contribution in [3.63, 3.8) is 0 Å². The molecule has 0 aliphatic carbocycles. The molecule has 1 saturated heterocycles. The van der Waals surface area contributed by atoms with Crippen LogP contribution in [-0.4, -0.2) is 35.7 Å². The number of nitrogens with one attached hydrogen (secondary N) is 1. The van der Waals surface area contributed by atoms with E-state index in [-0.39, 0.29) is 17.2 Å². The molecule has 0 unspecified atom stereocenters. The SMILES string of the molecule is O=C(NCCc1ccccc1)c1ccc(N2CCC(=Cc3ccccc3C(F)(F)F)CC2)nn1. The van der Waals surface area contributed by atoms with Crippen molar-refractivity contribution < 1.29 is 18.0 Å². The molecule has 3 aromatic rings. The highest BCUT2D eigenvalue weighted by molar-refractivity contribution is 5.92. The van der Waals surface area contributed by atoms with Crippen LogP contribution in [0.1, 0.15) is 40.0 Å². The molecule has 8 heteroatoms. The third-order valence-electron chi connectivity index (χ3n) is 5.78. The number of carbonyl (C=O) groups is 1. The van der Waals surface area contributed by atoms with Crippen molar-refractivity contribution in [2.75, 3.05) is 24.5 Å². The predicted molar refractivity (Wildman–Crippen MR) is 125 cm³/mol. The first-order valence-electron chi connectivity index (χ1n) is 11.2. The second-order valence-corrected chi connectivity index (χ2v) is 8.14. The van der Waals surface area contributed by atoms with E-state index in [1.807, 2.05) is 35.2 Å². The Balaban J connectivity index is 1.31. The Kier molecular flexibility index (Phi) is 7.25. The molecule has 5 nitrogen and oxygen atoms in total. The molecular weight excluding hydrogens is 441 g/mol. The predicted octanol–water partition coefficient (Wildman–Crippen LogP) is 5.15. The van der Waals surface area contributed by atoms with Gasteiger partial charge in [-0.2, -0.15) is 13.2 Å². The summed E-state index contributed by atoms with van der Waals surface area (Å²) in [6.45, 7) is 1.75. The van der Waals surface area contributed by atoms with Gasteiger partial charge in [0.15, 0.2) is 11.5 Å². The summed E-state index contributed by atoms with van der Waals surface area (Å²) < 4.78 is 39.7. The van der Waals surface area contributed by atoms with Crippen molar-refractivity contribution in [3.05, 3.63) is 94.7 Å². The van der Waals surface area contributed by atoms with E-state index >= 15 is 0 Å². The van der Waals surface area contributed by atoms with E-state index in [4.69, 9.17) is 0 Å². The number of amides is 1. The maximum Gasteiger partial charge on any atom is 0.416 e. The van der Waals surface area contributed by atoms with Crippen molar-refractivity contribution >= 4 is 17.8 Å². The fraction of sp³-hybridized carbons (Fsp3) is 0.269. The zero-order chi connectivity index (χ0) is 24.0. The van der Waals surface area contributed by atoms with Crippen LogP contribution in [0.15, 0.2) is 72.3 Å². The van der Waals surface area contributed by atoms with Crippen LogP contribution < -0.4 is 10.2 Å². The van der Waals surface area contributed by atoms with E-state index in [0.717, 1.165) is 23.6 Å². The van der Waals surface area contributed by atoms with Gasteiger partial charge in [0.25, 0.3) is 5.91 Å². The van der Waals surface area contributed by atoms with Gasteiger partial charge in [0, 0.05) is 19.6 Å². The number of carbonyl (C=O) groups excluding carboxylic acids is 1. The first kappa shape index (κ1) is 23.5. The van der Waals surface area contributed by atoms with Crippen molar-refractivity contribution in [2.45, 2.75) is 25.4 Å². The smallest absolute Gasteiger partial charge is 0.354 e. The van der Waals surface area contributed by atoms with Gasteiger partial charge >= 0.3 is 6.18 Å². The maximum atomic E-state index is 13.2. The van der Waals surface area contributed by atoms with Crippen molar-refractivity contribution in [1.29, 1.82) is 0 Å². The van der Waals surface area contributed by atoms with E-state index in [1.165, 1.54) is 12.1 Å². The van der Waals surface area contributed by atoms with Gasteiger partial charge in [0.05, 0.1) is 5.56 Å². The standard InChI is InChI=1S/C26H25F3N4O/c27-26(28,29)22-9-5-4-8-21(22)18-20-13-16-33(17-14-20)24-11-10-23(31-32-24)25(34)30-15-12-19-6-2-1-3-7-19/h1-11,18H,12-17H2,(H,30,34). The van der Waals surface area contributed by atoms with Gasteiger partial charge in [-0.3, -0.25) is 4.79 Å². The minimum absolute atomic E-state index is 0.195. The Bertz CT molecular complexity index is 1130. The van der Waals surface area contributed by atoms with Crippen LogP contribution in [0, 0.1) is 0 Å². The van der Waals surface area contributed by atoms with Crippen LogP contribution in [0.3, 0.4) is 0 Å². The minimum Gasteiger partial charge on any atom is -0.354 e. The summed E-state index contributed by atoms with van der Waals surface area (Å²) in [6, 6.07) is 18.9. The first-order chi connectivity index (χ1) is 16.4. The fourth-order valence-electron chi connectivity index (χ4n) is 3.94. The molecule has 1 amide bonds. The zero-order valence-electron chi connectivity index (χ0n) is 18.6. The van der Waals surface area contributed by atoms with Gasteiger partial charge < -0.3 is 10.2 Å². The van der Waals surface area contributed by atoms with E-state index in [0.29, 0.717) is 38.3 Å². The average molecular weight is 467 g/mol. The quantitative estimate of drug-likeness (QED) is 0.546. The van der Waals surface area contributed by atoms with Gasteiger partial charge in [0.2, 0.25) is 0 Å². The number of anilines is 1. The molecule has 1 fully saturated rings. The zero-order valence-corrected chi connectivity index (χ0v) is 18.6. The van der Waals surface area contributed by atoms with Crippen LogP contribution in [0.2, 0.25) is 0 Å². The summed E-state index contributed by atoms with van der Waals surface area (Å²) in [7, 11) is 0. The number of nitrogens with zero attached hydrogens (tertiary/aromatic N) is 3. The molecule has 0 atom stereocenters. The van der Waals surface area contributed by atoms with Crippen LogP contribution in [0.25, 0.3) is 6.08 Å². The molecule has 176 valence electrons. The highest BCUT2D eigenvalue weighted by atomic mass is 19.4. The Morgan fingerprint density at radius 1 is 0.941 bits per heavy atom. The van der Waals surface area contributed by atoms with E-state index in [2.05, 4.69) is 15.5 Å². The highest BCUT2D eigenvalue weighted by Gasteiger charge is 2.32. The van der Waals surface area contributed by atoms with Crippen molar-refractivity contribution in [3.8, 4) is 0 Å². The van der Waals surface area contributed by atoms with E-state index in [1.54, 1.807) is 24.3 Å². The average Bonchev–Trinajstić information content (AvgIpc) is 2.85. The summed E-state index contributed by atoms with van der Waals surface area (Å²) in [6.07, 6.45) is -0.728. The third kappa shape index (κ3) is 6.01. The molecule has 1 aliphatic heterocycles. The Labute approximate surface area is 196 Å². The van der Waals surface area contributed by atoms with E-state index in [9.17, 15) is 18.0 Å². The van der Waals surface area contributed by atoms with Gasteiger partial charge in [0.1, 0.15) is 0 Å². The van der Waals surface area contributed by atoms with E-state index < -0.39 is 11.7 Å². The topological polar surface area (TPSA) is 58.1 Å². The molecule has 4 rings (SSSR count). The van der Waals surface area contributed by atoms with Gasteiger partial charge in [-0.15, -0.1) is 10.2 Å². The maximum absolute atomic E-state index is 13.2. The van der Waals surface area contributed by atoms with Gasteiger partial charge in [-0.25, -0.2) is 0 Å². The number of benzene rings is 2. The first-order valence-corrected chi connectivity index (χ1v) is 11.2. The lowest BCUT2D eigenvalue weighted by Crippen LogP contribution is -2.32. The lowest BCUT2D eigenvalue weighted by atomic mass is 9.98. The monoisotopic (exact) mass is 466 g/mol. The van der Waals surface area contributed by atoms with Crippen molar-refractivity contribution in [1.82, 2.24) is 15.5 Å². The number of halogens is 3.